The molecule has 0 saturated carbocycles. The van der Waals surface area contributed by atoms with E-state index in [1.807, 2.05) is 13.8 Å². The molecule has 0 aromatic rings. The van der Waals surface area contributed by atoms with Gasteiger partial charge in [0.05, 0.1) is 12.1 Å². The lowest BCUT2D eigenvalue weighted by Crippen LogP contribution is -2.37. The lowest BCUT2D eigenvalue weighted by Gasteiger charge is -2.21. The normalized spacial score (nSPS) is 19.5. The van der Waals surface area contributed by atoms with Crippen molar-refractivity contribution in [3.8, 4) is 0 Å². The summed E-state index contributed by atoms with van der Waals surface area (Å²) in [6.45, 7) is 8.22. The number of ether oxygens (including phenoxy) is 1. The molecule has 1 amide bonds. The molecule has 1 aliphatic heterocycles. The molecule has 4 heteroatoms. The Bertz CT molecular complexity index is 204. The Labute approximate surface area is 91.6 Å². The monoisotopic (exact) mass is 215 g/mol. The summed E-state index contributed by atoms with van der Waals surface area (Å²) in [5.41, 5.74) is 0. The molecule has 0 spiro atoms. The minimum atomic E-state index is -0.371. The van der Waals surface area contributed by atoms with Crippen molar-refractivity contribution in [2.45, 2.75) is 52.7 Å². The average molecular weight is 215 g/mol. The van der Waals surface area contributed by atoms with Crippen molar-refractivity contribution in [2.24, 2.45) is 0 Å². The Morgan fingerprint density at radius 3 is 2.53 bits per heavy atom. The highest BCUT2D eigenvalue weighted by atomic mass is 16.6. The van der Waals surface area contributed by atoms with Crippen LogP contribution in [0.25, 0.3) is 0 Å². The van der Waals surface area contributed by atoms with Crippen molar-refractivity contribution in [3.63, 3.8) is 0 Å². The number of nitrogens with zero attached hydrogens (tertiary/aromatic N) is 1. The summed E-state index contributed by atoms with van der Waals surface area (Å²) >= 11 is 0. The van der Waals surface area contributed by atoms with Crippen molar-refractivity contribution in [1.82, 2.24) is 4.90 Å². The van der Waals surface area contributed by atoms with Gasteiger partial charge in [0, 0.05) is 6.54 Å². The van der Waals surface area contributed by atoms with Gasteiger partial charge in [-0.25, -0.2) is 4.79 Å². The maximum absolute atomic E-state index is 11.4. The summed E-state index contributed by atoms with van der Waals surface area (Å²) in [6.07, 6.45) is 1.96. The van der Waals surface area contributed by atoms with Gasteiger partial charge in [-0.1, -0.05) is 13.8 Å². The molecule has 88 valence electrons. The molecule has 15 heavy (non-hydrogen) atoms. The van der Waals surface area contributed by atoms with E-state index in [-0.39, 0.29) is 18.2 Å². The number of hydrogen-bond donors (Lipinski definition) is 0. The van der Waals surface area contributed by atoms with Crippen LogP contribution in [0.4, 0.5) is 4.79 Å². The van der Waals surface area contributed by atoms with Crippen molar-refractivity contribution in [3.05, 3.63) is 0 Å². The quantitative estimate of drug-likeness (QED) is 0.663. The second kappa shape index (κ2) is 7.26. The SMILES string of the molecule is CC.CC(C)OC(=O)N1CCCC1C=O. The van der Waals surface area contributed by atoms with E-state index in [1.54, 1.807) is 13.8 Å². The first kappa shape index (κ1) is 13.9. The molecule has 1 saturated heterocycles. The molecule has 1 heterocycles. The average Bonchev–Trinajstić information content (AvgIpc) is 2.67. The van der Waals surface area contributed by atoms with Gasteiger partial charge in [-0.15, -0.1) is 0 Å². The van der Waals surface area contributed by atoms with Gasteiger partial charge >= 0.3 is 6.09 Å². The van der Waals surface area contributed by atoms with Gasteiger partial charge < -0.3 is 9.53 Å². The molecule has 0 bridgehead atoms. The van der Waals surface area contributed by atoms with Crippen LogP contribution in [0.3, 0.4) is 0 Å². The molecule has 0 aromatic heterocycles. The maximum Gasteiger partial charge on any atom is 0.410 e. The minimum absolute atomic E-state index is 0.125. The van der Waals surface area contributed by atoms with Crippen LogP contribution in [-0.4, -0.2) is 36.0 Å². The van der Waals surface area contributed by atoms with Gasteiger partial charge in [-0.05, 0) is 26.7 Å². The predicted molar refractivity (Wildman–Crippen MR) is 58.8 cm³/mol. The van der Waals surface area contributed by atoms with Crippen LogP contribution in [0.5, 0.6) is 0 Å². The van der Waals surface area contributed by atoms with Crippen LogP contribution in [-0.2, 0) is 9.53 Å². The van der Waals surface area contributed by atoms with E-state index in [4.69, 9.17) is 4.74 Å². The molecule has 0 aliphatic carbocycles. The number of hydrogen-bond acceptors (Lipinski definition) is 3. The molecule has 1 aliphatic rings. The fraction of sp³-hybridized carbons (Fsp3) is 0.818. The van der Waals surface area contributed by atoms with Crippen LogP contribution >= 0.6 is 0 Å². The molecule has 1 atom stereocenters. The highest BCUT2D eigenvalue weighted by Gasteiger charge is 2.29. The Morgan fingerprint density at radius 2 is 2.07 bits per heavy atom. The second-order valence-electron chi connectivity index (χ2n) is 3.47. The zero-order valence-corrected chi connectivity index (χ0v) is 10.0. The fourth-order valence-corrected chi connectivity index (χ4v) is 1.43. The summed E-state index contributed by atoms with van der Waals surface area (Å²) in [4.78, 5) is 23.4. The van der Waals surface area contributed by atoms with E-state index in [0.29, 0.717) is 6.54 Å². The highest BCUT2D eigenvalue weighted by Crippen LogP contribution is 2.16. The summed E-state index contributed by atoms with van der Waals surface area (Å²) in [5, 5.41) is 0. The van der Waals surface area contributed by atoms with E-state index in [1.165, 1.54) is 4.90 Å². The number of likely N-dealkylation sites (tertiary alicyclic amines) is 1. The predicted octanol–water partition coefficient (Wildman–Crippen LogP) is 2.22. The summed E-state index contributed by atoms with van der Waals surface area (Å²) in [5.74, 6) is 0. The topological polar surface area (TPSA) is 46.6 Å². The first-order valence-electron chi connectivity index (χ1n) is 5.57. The molecule has 1 rings (SSSR count). The molecule has 4 nitrogen and oxygen atoms in total. The Kier molecular flexibility index (Phi) is 6.75. The van der Waals surface area contributed by atoms with Gasteiger partial charge in [0.1, 0.15) is 6.29 Å². The van der Waals surface area contributed by atoms with E-state index in [2.05, 4.69) is 0 Å². The van der Waals surface area contributed by atoms with Crippen LogP contribution in [0, 0.1) is 0 Å². The molecule has 1 fully saturated rings. The van der Waals surface area contributed by atoms with Crippen LogP contribution < -0.4 is 0 Å². The Balaban J connectivity index is 0.000000921. The van der Waals surface area contributed by atoms with Crippen molar-refractivity contribution >= 4 is 12.4 Å². The van der Waals surface area contributed by atoms with Gasteiger partial charge in [-0.2, -0.15) is 0 Å². The van der Waals surface area contributed by atoms with Gasteiger partial charge in [-0.3, -0.25) is 4.90 Å². The van der Waals surface area contributed by atoms with E-state index < -0.39 is 0 Å². The fourth-order valence-electron chi connectivity index (χ4n) is 1.43. The molecule has 1 unspecified atom stereocenters. The zero-order valence-electron chi connectivity index (χ0n) is 10.0. The van der Waals surface area contributed by atoms with Crippen LogP contribution in [0.15, 0.2) is 0 Å². The molecule has 0 radical (unpaired) electrons. The summed E-state index contributed by atoms with van der Waals surface area (Å²) in [6, 6.07) is -0.272. The van der Waals surface area contributed by atoms with Gasteiger partial charge in [0.15, 0.2) is 0 Å². The third-order valence-electron chi connectivity index (χ3n) is 2.03. The van der Waals surface area contributed by atoms with Crippen LogP contribution in [0.1, 0.15) is 40.5 Å². The number of carbonyl (C=O) groups is 2. The van der Waals surface area contributed by atoms with E-state index in [9.17, 15) is 9.59 Å². The number of rotatable bonds is 2. The lowest BCUT2D eigenvalue weighted by molar-refractivity contribution is -0.111. The smallest absolute Gasteiger partial charge is 0.410 e. The standard InChI is InChI=1S/C9H15NO3.C2H6/c1-7(2)13-9(12)10-5-3-4-8(10)6-11;1-2/h6-8H,3-5H2,1-2H3;1-2H3. The minimum Gasteiger partial charge on any atom is -0.447 e. The van der Waals surface area contributed by atoms with Crippen molar-refractivity contribution in [2.75, 3.05) is 6.54 Å². The molecular formula is C11H21NO3. The van der Waals surface area contributed by atoms with E-state index in [0.717, 1.165) is 19.1 Å². The van der Waals surface area contributed by atoms with Crippen LogP contribution in [0.2, 0.25) is 0 Å². The zero-order chi connectivity index (χ0) is 11.8. The summed E-state index contributed by atoms with van der Waals surface area (Å²) < 4.78 is 4.99. The summed E-state index contributed by atoms with van der Waals surface area (Å²) in [7, 11) is 0. The van der Waals surface area contributed by atoms with Crippen molar-refractivity contribution < 1.29 is 14.3 Å². The number of aldehydes is 1. The highest BCUT2D eigenvalue weighted by molar-refractivity contribution is 5.74. The third-order valence-corrected chi connectivity index (χ3v) is 2.03. The second-order valence-corrected chi connectivity index (χ2v) is 3.47. The van der Waals surface area contributed by atoms with Crippen molar-refractivity contribution in [1.29, 1.82) is 0 Å². The molecule has 0 aromatic carbocycles. The Morgan fingerprint density at radius 1 is 1.47 bits per heavy atom. The number of amides is 1. The first-order valence-corrected chi connectivity index (χ1v) is 5.57. The third kappa shape index (κ3) is 4.32. The molecule has 0 N–H and O–H groups in total. The number of carbonyl (C=O) groups excluding carboxylic acids is 2. The maximum atomic E-state index is 11.4. The van der Waals surface area contributed by atoms with Gasteiger partial charge in [0.25, 0.3) is 0 Å². The van der Waals surface area contributed by atoms with E-state index >= 15 is 0 Å². The lowest BCUT2D eigenvalue weighted by atomic mass is 10.2. The first-order chi connectivity index (χ1) is 7.15. The molecular weight excluding hydrogens is 194 g/mol. The largest absolute Gasteiger partial charge is 0.447 e. The van der Waals surface area contributed by atoms with Gasteiger partial charge in [0.2, 0.25) is 0 Å². The Hall–Kier alpha value is -1.06.